The summed E-state index contributed by atoms with van der Waals surface area (Å²) in [4.78, 5) is 6.44. The van der Waals surface area contributed by atoms with Crippen molar-refractivity contribution in [2.45, 2.75) is 40.2 Å². The van der Waals surface area contributed by atoms with Gasteiger partial charge in [0.1, 0.15) is 11.0 Å². The first-order chi connectivity index (χ1) is 30.1. The number of hydrazine groups is 2. The molecule has 0 aliphatic carbocycles. The van der Waals surface area contributed by atoms with Crippen molar-refractivity contribution in [2.24, 2.45) is 5.92 Å². The molecule has 0 saturated heterocycles. The average molecular weight is 805 g/mol. The minimum absolute atomic E-state index is 0.363. The van der Waals surface area contributed by atoms with E-state index < -0.39 is 0 Å². The molecule has 0 atom stereocenters. The lowest BCUT2D eigenvalue weighted by molar-refractivity contribution is 0.115. The molecule has 0 amide bonds. The number of nitrogens with one attached hydrogen (secondary N) is 2. The Morgan fingerprint density at radius 1 is 0.508 bits per heavy atom. The largest absolute Gasteiger partial charge is 0.380 e. The van der Waals surface area contributed by atoms with Gasteiger partial charge in [-0.25, -0.2) is 0 Å². The van der Waals surface area contributed by atoms with Crippen LogP contribution in [0.3, 0.4) is 0 Å². The maximum Gasteiger partial charge on any atom is 0.123 e. The van der Waals surface area contributed by atoms with Crippen LogP contribution in [-0.2, 0) is 11.3 Å². The molecule has 2 heterocycles. The minimum Gasteiger partial charge on any atom is -0.380 e. The summed E-state index contributed by atoms with van der Waals surface area (Å²) in [6.45, 7) is 9.26. The molecule has 306 valence electrons. The summed E-state index contributed by atoms with van der Waals surface area (Å²) in [5, 5.41) is 12.6. The first kappa shape index (κ1) is 39.5. The normalized spacial score (nSPS) is 12.3. The summed E-state index contributed by atoms with van der Waals surface area (Å²) < 4.78 is 6.04. The number of hydrogen-bond acceptors (Lipinski definition) is 8. The fourth-order valence-electron chi connectivity index (χ4n) is 8.04. The Hall–Kier alpha value is -6.94. The van der Waals surface area contributed by atoms with Gasteiger partial charge in [0.15, 0.2) is 0 Å². The van der Waals surface area contributed by atoms with Gasteiger partial charge in [0, 0.05) is 51.9 Å². The van der Waals surface area contributed by atoms with Crippen molar-refractivity contribution in [1.29, 1.82) is 0 Å². The van der Waals surface area contributed by atoms with Crippen LogP contribution in [0.4, 0.5) is 45.5 Å². The van der Waals surface area contributed by atoms with Crippen molar-refractivity contribution in [2.75, 3.05) is 40.4 Å². The van der Waals surface area contributed by atoms with Crippen LogP contribution in [0.2, 0.25) is 0 Å². The highest BCUT2D eigenvalue weighted by Crippen LogP contribution is 2.50. The van der Waals surface area contributed by atoms with Gasteiger partial charge in [0.25, 0.3) is 0 Å². The van der Waals surface area contributed by atoms with E-state index in [2.05, 4.69) is 211 Å². The van der Waals surface area contributed by atoms with Gasteiger partial charge in [-0.1, -0.05) is 124 Å². The number of ether oxygens (including phenoxy) is 1. The fourth-order valence-corrected chi connectivity index (χ4v) is 8.04. The molecule has 9 nitrogen and oxygen atoms in total. The van der Waals surface area contributed by atoms with E-state index in [0.29, 0.717) is 25.6 Å². The van der Waals surface area contributed by atoms with Crippen molar-refractivity contribution in [1.82, 2.24) is 20.1 Å². The third-order valence-corrected chi connectivity index (χ3v) is 10.9. The minimum atomic E-state index is 0.363. The van der Waals surface area contributed by atoms with Crippen LogP contribution >= 0.6 is 0 Å². The number of benzene rings is 7. The zero-order valence-electron chi connectivity index (χ0n) is 35.1. The van der Waals surface area contributed by atoms with Gasteiger partial charge in [0.2, 0.25) is 0 Å². The number of aromatic nitrogens is 3. The van der Waals surface area contributed by atoms with E-state index in [1.807, 2.05) is 9.91 Å². The number of para-hydroxylation sites is 4. The first-order valence-corrected chi connectivity index (χ1v) is 21.4. The molecule has 9 heteroatoms. The van der Waals surface area contributed by atoms with Gasteiger partial charge in [-0.2, -0.15) is 15.0 Å². The lowest BCUT2D eigenvalue weighted by Crippen LogP contribution is -2.33. The third kappa shape index (κ3) is 8.44. The fraction of sp³-hybridized carbons (Fsp3) is 0.192. The summed E-state index contributed by atoms with van der Waals surface area (Å²) in [7, 11) is 0. The third-order valence-electron chi connectivity index (χ3n) is 10.9. The standard InChI is InChI=1S/C52H52N8O/c1-4-5-35-61-36-34-57-53-49-47(39-26-30-45(31-27-39)59(41-18-10-6-11-19-41)42-20-12-7-13-21-42)51-52(56-58(55-51)37-38(2)3)48(50(49)54-57)40-28-32-46(33-29-40)60(43-22-14-8-15-23-43)44-24-16-9-17-25-44/h6-33,38,53-54H,4-5,34-37H2,1-3H3. The predicted octanol–water partition coefficient (Wildman–Crippen LogP) is 13.1. The Bertz CT molecular complexity index is 2400. The van der Waals surface area contributed by atoms with E-state index in [0.717, 1.165) is 98.2 Å². The second-order valence-corrected chi connectivity index (χ2v) is 15.8. The number of anilines is 8. The smallest absolute Gasteiger partial charge is 0.123 e. The average Bonchev–Trinajstić information content (AvgIpc) is 3.91. The first-order valence-electron chi connectivity index (χ1n) is 21.4. The Morgan fingerprint density at radius 2 is 0.885 bits per heavy atom. The molecule has 1 aliphatic rings. The summed E-state index contributed by atoms with van der Waals surface area (Å²) in [5.74, 6) is 0.363. The van der Waals surface area contributed by atoms with E-state index in [4.69, 9.17) is 14.9 Å². The van der Waals surface area contributed by atoms with Crippen LogP contribution in [0.5, 0.6) is 0 Å². The maximum absolute atomic E-state index is 6.04. The van der Waals surface area contributed by atoms with Crippen LogP contribution in [-0.4, -0.2) is 39.9 Å². The molecule has 0 spiro atoms. The highest BCUT2D eigenvalue weighted by Gasteiger charge is 2.31. The molecule has 0 saturated carbocycles. The van der Waals surface area contributed by atoms with Crippen LogP contribution in [0.25, 0.3) is 33.3 Å². The van der Waals surface area contributed by atoms with Gasteiger partial charge in [-0.15, -0.1) is 5.12 Å². The second-order valence-electron chi connectivity index (χ2n) is 15.8. The van der Waals surface area contributed by atoms with Crippen LogP contribution in [0, 0.1) is 5.92 Å². The molecule has 2 N–H and O–H groups in total. The molecule has 0 radical (unpaired) electrons. The molecule has 0 bridgehead atoms. The Balaban J connectivity index is 1.17. The maximum atomic E-state index is 6.04. The molecule has 0 unspecified atom stereocenters. The lowest BCUT2D eigenvalue weighted by atomic mass is 9.93. The van der Waals surface area contributed by atoms with E-state index in [9.17, 15) is 0 Å². The highest BCUT2D eigenvalue weighted by atomic mass is 16.5. The van der Waals surface area contributed by atoms with Gasteiger partial charge in [-0.05, 0) is 96.3 Å². The molecule has 1 aromatic heterocycles. The Morgan fingerprint density at radius 3 is 1.25 bits per heavy atom. The predicted molar refractivity (Wildman–Crippen MR) is 252 cm³/mol. The van der Waals surface area contributed by atoms with E-state index in [1.54, 1.807) is 0 Å². The van der Waals surface area contributed by atoms with Crippen molar-refractivity contribution in [3.8, 4) is 22.3 Å². The topological polar surface area (TPSA) is 73.7 Å². The van der Waals surface area contributed by atoms with Crippen molar-refractivity contribution >= 4 is 56.5 Å². The molecule has 9 rings (SSSR count). The molecular formula is C52H52N8O. The zero-order valence-corrected chi connectivity index (χ0v) is 35.1. The highest BCUT2D eigenvalue weighted by molar-refractivity contribution is 6.14. The second kappa shape index (κ2) is 18.1. The summed E-state index contributed by atoms with van der Waals surface area (Å²) in [6.07, 6.45) is 2.15. The van der Waals surface area contributed by atoms with Gasteiger partial charge in [0.05, 0.1) is 31.1 Å². The molecule has 7 aromatic carbocycles. The Kier molecular flexibility index (Phi) is 11.7. The van der Waals surface area contributed by atoms with Crippen molar-refractivity contribution < 1.29 is 4.74 Å². The summed E-state index contributed by atoms with van der Waals surface area (Å²) >= 11 is 0. The van der Waals surface area contributed by atoms with Gasteiger partial charge < -0.3 is 14.5 Å². The van der Waals surface area contributed by atoms with Gasteiger partial charge >= 0.3 is 0 Å². The molecular weight excluding hydrogens is 753 g/mol. The summed E-state index contributed by atoms with van der Waals surface area (Å²) in [6, 6.07) is 59.7. The van der Waals surface area contributed by atoms with Crippen molar-refractivity contribution in [3.63, 3.8) is 0 Å². The lowest BCUT2D eigenvalue weighted by Gasteiger charge is -2.26. The van der Waals surface area contributed by atoms with Crippen LogP contribution in [0.15, 0.2) is 170 Å². The number of fused-ring (bicyclic) bond motifs is 2. The number of nitrogens with zero attached hydrogens (tertiary/aromatic N) is 6. The van der Waals surface area contributed by atoms with Gasteiger partial charge in [-0.3, -0.25) is 10.9 Å². The summed E-state index contributed by atoms with van der Waals surface area (Å²) in [5.41, 5.74) is 21.7. The number of rotatable bonds is 16. The number of hydrogen-bond donors (Lipinski definition) is 2. The monoisotopic (exact) mass is 804 g/mol. The Labute approximate surface area is 358 Å². The molecule has 8 aromatic rings. The van der Waals surface area contributed by atoms with Crippen LogP contribution in [0.1, 0.15) is 33.6 Å². The van der Waals surface area contributed by atoms with E-state index in [1.165, 1.54) is 0 Å². The van der Waals surface area contributed by atoms with Crippen LogP contribution < -0.4 is 20.7 Å². The molecule has 1 aliphatic heterocycles. The SMILES string of the molecule is CCCCOCCN1Nc2c(c(-c3ccc(N(c4ccccc4)c4ccccc4)cc3)c3nn(CC(C)C)nc3c2-c2ccc(N(c3ccccc3)c3ccccc3)cc2)N1. The quantitative estimate of drug-likeness (QED) is 0.0936. The van der Waals surface area contributed by atoms with E-state index >= 15 is 0 Å². The zero-order chi connectivity index (χ0) is 41.5. The number of unbranched alkanes of at least 4 members (excludes halogenated alkanes) is 1. The molecule has 61 heavy (non-hydrogen) atoms. The van der Waals surface area contributed by atoms with Crippen molar-refractivity contribution in [3.05, 3.63) is 170 Å². The molecule has 0 fully saturated rings. The van der Waals surface area contributed by atoms with E-state index in [-0.39, 0.29) is 0 Å².